The van der Waals surface area contributed by atoms with Crippen LogP contribution in [-0.2, 0) is 0 Å². The van der Waals surface area contributed by atoms with E-state index in [1.807, 2.05) is 0 Å². The summed E-state index contributed by atoms with van der Waals surface area (Å²) in [5.74, 6) is -1.64. The van der Waals surface area contributed by atoms with Crippen molar-refractivity contribution in [2.45, 2.75) is 25.7 Å². The molecule has 0 fully saturated rings. The SMILES string of the molecule is O=C(O)c1cccnc1C(=O)NCCCCCCO. The number of rotatable bonds is 8. The predicted molar refractivity (Wildman–Crippen MR) is 69.1 cm³/mol. The number of aromatic carboxylic acids is 1. The van der Waals surface area contributed by atoms with Crippen LogP contribution in [0.5, 0.6) is 0 Å². The van der Waals surface area contributed by atoms with E-state index in [4.69, 9.17) is 10.2 Å². The van der Waals surface area contributed by atoms with Crippen LogP contribution in [0.4, 0.5) is 0 Å². The lowest BCUT2D eigenvalue weighted by Crippen LogP contribution is -2.27. The summed E-state index contributed by atoms with van der Waals surface area (Å²) in [5, 5.41) is 20.2. The largest absolute Gasteiger partial charge is 0.478 e. The molecule has 1 amide bonds. The van der Waals surface area contributed by atoms with Crippen molar-refractivity contribution in [1.82, 2.24) is 10.3 Å². The average molecular weight is 266 g/mol. The lowest BCUT2D eigenvalue weighted by Gasteiger charge is -2.06. The van der Waals surface area contributed by atoms with Gasteiger partial charge in [-0.2, -0.15) is 0 Å². The number of hydrogen-bond donors (Lipinski definition) is 3. The number of aromatic nitrogens is 1. The van der Waals surface area contributed by atoms with E-state index < -0.39 is 11.9 Å². The van der Waals surface area contributed by atoms with Crippen molar-refractivity contribution in [3.8, 4) is 0 Å². The minimum atomic E-state index is -1.17. The van der Waals surface area contributed by atoms with Crippen molar-refractivity contribution in [2.24, 2.45) is 0 Å². The minimum absolute atomic E-state index is 0.0645. The molecule has 0 saturated heterocycles. The van der Waals surface area contributed by atoms with Crippen LogP contribution in [0.1, 0.15) is 46.5 Å². The van der Waals surface area contributed by atoms with Gasteiger partial charge in [-0.15, -0.1) is 0 Å². The lowest BCUT2D eigenvalue weighted by atomic mass is 10.1. The van der Waals surface area contributed by atoms with Crippen LogP contribution in [0, 0.1) is 0 Å². The van der Waals surface area contributed by atoms with E-state index in [1.165, 1.54) is 18.3 Å². The van der Waals surface area contributed by atoms with Crippen LogP contribution in [-0.4, -0.2) is 40.2 Å². The van der Waals surface area contributed by atoms with Gasteiger partial charge < -0.3 is 15.5 Å². The van der Waals surface area contributed by atoms with Crippen LogP contribution in [0.3, 0.4) is 0 Å². The number of carbonyl (C=O) groups excluding carboxylic acids is 1. The molecule has 0 saturated carbocycles. The fourth-order valence-electron chi connectivity index (χ4n) is 1.63. The fourth-order valence-corrected chi connectivity index (χ4v) is 1.63. The number of aliphatic hydroxyl groups excluding tert-OH is 1. The topological polar surface area (TPSA) is 99.5 Å². The molecule has 1 heterocycles. The van der Waals surface area contributed by atoms with Crippen LogP contribution in [0.25, 0.3) is 0 Å². The van der Waals surface area contributed by atoms with Crippen molar-refractivity contribution in [3.05, 3.63) is 29.6 Å². The summed E-state index contributed by atoms with van der Waals surface area (Å²) in [6, 6.07) is 2.83. The Balaban J connectivity index is 2.43. The number of hydrogen-bond acceptors (Lipinski definition) is 4. The molecule has 19 heavy (non-hydrogen) atoms. The number of carboxylic acids is 1. The zero-order chi connectivity index (χ0) is 14.1. The molecule has 0 aromatic carbocycles. The molecule has 1 rings (SSSR count). The molecule has 0 bridgehead atoms. The van der Waals surface area contributed by atoms with E-state index in [-0.39, 0.29) is 17.9 Å². The molecule has 0 spiro atoms. The molecule has 0 radical (unpaired) electrons. The predicted octanol–water partition coefficient (Wildman–Crippen LogP) is 1.06. The van der Waals surface area contributed by atoms with Gasteiger partial charge in [0.2, 0.25) is 0 Å². The molecule has 0 aliphatic rings. The number of carboxylic acid groups (broad SMARTS) is 1. The summed E-state index contributed by atoms with van der Waals surface area (Å²) < 4.78 is 0. The maximum atomic E-state index is 11.8. The maximum Gasteiger partial charge on any atom is 0.338 e. The molecule has 3 N–H and O–H groups in total. The van der Waals surface area contributed by atoms with Crippen LogP contribution < -0.4 is 5.32 Å². The molecule has 0 atom stereocenters. The summed E-state index contributed by atoms with van der Waals surface area (Å²) in [7, 11) is 0. The maximum absolute atomic E-state index is 11.8. The summed E-state index contributed by atoms with van der Waals surface area (Å²) >= 11 is 0. The first-order chi connectivity index (χ1) is 9.16. The molecule has 0 aliphatic carbocycles. The van der Waals surface area contributed by atoms with Gasteiger partial charge in [0.25, 0.3) is 5.91 Å². The number of carbonyl (C=O) groups is 2. The van der Waals surface area contributed by atoms with Crippen molar-refractivity contribution in [2.75, 3.05) is 13.2 Å². The lowest BCUT2D eigenvalue weighted by molar-refractivity contribution is 0.0690. The average Bonchev–Trinajstić information content (AvgIpc) is 2.42. The molecule has 6 heteroatoms. The molecular weight excluding hydrogens is 248 g/mol. The van der Waals surface area contributed by atoms with Gasteiger partial charge >= 0.3 is 5.97 Å². The van der Waals surface area contributed by atoms with Crippen molar-refractivity contribution >= 4 is 11.9 Å². The third kappa shape index (κ3) is 5.05. The monoisotopic (exact) mass is 266 g/mol. The quantitative estimate of drug-likeness (QED) is 0.611. The summed E-state index contributed by atoms with van der Waals surface area (Å²) in [6.07, 6.45) is 4.77. The van der Waals surface area contributed by atoms with Gasteiger partial charge in [-0.05, 0) is 25.0 Å². The highest BCUT2D eigenvalue weighted by Gasteiger charge is 2.16. The van der Waals surface area contributed by atoms with E-state index in [2.05, 4.69) is 10.3 Å². The first kappa shape index (κ1) is 15.1. The molecule has 6 nitrogen and oxygen atoms in total. The van der Waals surface area contributed by atoms with E-state index in [0.717, 1.165) is 25.7 Å². The third-order valence-electron chi connectivity index (χ3n) is 2.62. The molecule has 1 aromatic rings. The van der Waals surface area contributed by atoms with E-state index in [0.29, 0.717) is 6.54 Å². The van der Waals surface area contributed by atoms with Gasteiger partial charge in [0, 0.05) is 19.3 Å². The standard InChI is InChI=1S/C13H18N2O4/c16-9-4-2-1-3-7-15-12(17)11-10(13(18)19)6-5-8-14-11/h5-6,8,16H,1-4,7,9H2,(H,15,17)(H,18,19). The molecule has 0 aliphatic heterocycles. The zero-order valence-corrected chi connectivity index (χ0v) is 10.6. The second-order valence-corrected chi connectivity index (χ2v) is 4.10. The number of amides is 1. The van der Waals surface area contributed by atoms with Gasteiger partial charge in [0.15, 0.2) is 0 Å². The Morgan fingerprint density at radius 2 is 1.95 bits per heavy atom. The second kappa shape index (κ2) is 8.20. The first-order valence-corrected chi connectivity index (χ1v) is 6.24. The molecular formula is C13H18N2O4. The number of unbranched alkanes of at least 4 members (excludes halogenated alkanes) is 3. The van der Waals surface area contributed by atoms with Crippen molar-refractivity contribution < 1.29 is 19.8 Å². The Bertz CT molecular complexity index is 434. The molecule has 0 unspecified atom stereocenters. The smallest absolute Gasteiger partial charge is 0.338 e. The van der Waals surface area contributed by atoms with E-state index in [1.54, 1.807) is 0 Å². The van der Waals surface area contributed by atoms with Gasteiger partial charge in [-0.3, -0.25) is 9.78 Å². The Morgan fingerprint density at radius 1 is 1.21 bits per heavy atom. The van der Waals surface area contributed by atoms with Crippen LogP contribution >= 0.6 is 0 Å². The van der Waals surface area contributed by atoms with Gasteiger partial charge in [0.1, 0.15) is 5.69 Å². The van der Waals surface area contributed by atoms with Gasteiger partial charge in [0.05, 0.1) is 5.56 Å². The number of pyridine rings is 1. The highest BCUT2D eigenvalue weighted by molar-refractivity contribution is 6.03. The Morgan fingerprint density at radius 3 is 2.63 bits per heavy atom. The van der Waals surface area contributed by atoms with Crippen LogP contribution in [0.15, 0.2) is 18.3 Å². The summed E-state index contributed by atoms with van der Waals surface area (Å²) in [4.78, 5) is 26.5. The Labute approximate surface area is 111 Å². The van der Waals surface area contributed by atoms with E-state index >= 15 is 0 Å². The Hall–Kier alpha value is -1.95. The minimum Gasteiger partial charge on any atom is -0.478 e. The second-order valence-electron chi connectivity index (χ2n) is 4.10. The highest BCUT2D eigenvalue weighted by Crippen LogP contribution is 2.05. The zero-order valence-electron chi connectivity index (χ0n) is 10.6. The summed E-state index contributed by atoms with van der Waals surface area (Å²) in [6.45, 7) is 0.655. The van der Waals surface area contributed by atoms with Gasteiger partial charge in [-0.1, -0.05) is 12.8 Å². The first-order valence-electron chi connectivity index (χ1n) is 6.24. The van der Waals surface area contributed by atoms with Gasteiger partial charge in [-0.25, -0.2) is 4.79 Å². The summed E-state index contributed by atoms with van der Waals surface area (Å²) in [5.41, 5.74) is -0.161. The molecule has 104 valence electrons. The van der Waals surface area contributed by atoms with Crippen LogP contribution in [0.2, 0.25) is 0 Å². The number of nitrogens with zero attached hydrogens (tertiary/aromatic N) is 1. The third-order valence-corrected chi connectivity index (χ3v) is 2.62. The van der Waals surface area contributed by atoms with Crippen molar-refractivity contribution in [1.29, 1.82) is 0 Å². The molecule has 1 aromatic heterocycles. The Kier molecular flexibility index (Phi) is 6.52. The number of aliphatic hydroxyl groups is 1. The van der Waals surface area contributed by atoms with Crippen molar-refractivity contribution in [3.63, 3.8) is 0 Å². The van der Waals surface area contributed by atoms with E-state index in [9.17, 15) is 9.59 Å². The normalized spacial score (nSPS) is 10.2. The number of nitrogens with one attached hydrogen (secondary N) is 1. The highest BCUT2D eigenvalue weighted by atomic mass is 16.4. The fraction of sp³-hybridized carbons (Fsp3) is 0.462.